The van der Waals surface area contributed by atoms with E-state index in [1.165, 1.54) is 0 Å². The Balaban J connectivity index is 1.41. The zero-order chi connectivity index (χ0) is 28.1. The molecule has 0 spiro atoms. The van der Waals surface area contributed by atoms with Crippen LogP contribution in [0.3, 0.4) is 0 Å². The Hall–Kier alpha value is -3.42. The summed E-state index contributed by atoms with van der Waals surface area (Å²) in [5, 5.41) is 24.5. The summed E-state index contributed by atoms with van der Waals surface area (Å²) < 4.78 is 6.39. The lowest BCUT2D eigenvalue weighted by atomic mass is 9.88. The van der Waals surface area contributed by atoms with E-state index in [4.69, 9.17) is 14.7 Å². The molecule has 10 heteroatoms. The van der Waals surface area contributed by atoms with Gasteiger partial charge in [0.05, 0.1) is 11.6 Å². The lowest BCUT2D eigenvalue weighted by Crippen LogP contribution is -2.52. The molecule has 2 atom stereocenters. The number of aromatic nitrogens is 4. The van der Waals surface area contributed by atoms with Crippen molar-refractivity contribution >= 4 is 28.5 Å². The Morgan fingerprint density at radius 3 is 2.50 bits per heavy atom. The minimum atomic E-state index is 0.223. The molecule has 10 nitrogen and oxygen atoms in total. The van der Waals surface area contributed by atoms with Crippen molar-refractivity contribution in [3.63, 3.8) is 0 Å². The zero-order valence-corrected chi connectivity index (χ0v) is 24.3. The molecule has 0 radical (unpaired) electrons. The van der Waals surface area contributed by atoms with Crippen molar-refractivity contribution in [2.24, 2.45) is 0 Å². The molecule has 0 amide bonds. The quantitative estimate of drug-likeness (QED) is 0.315. The molecule has 3 N–H and O–H groups in total. The van der Waals surface area contributed by atoms with E-state index in [1.54, 1.807) is 0 Å². The minimum Gasteiger partial charge on any atom is -0.490 e. The van der Waals surface area contributed by atoms with E-state index in [9.17, 15) is 5.26 Å². The van der Waals surface area contributed by atoms with Crippen LogP contribution in [-0.4, -0.2) is 80.9 Å². The van der Waals surface area contributed by atoms with Gasteiger partial charge < -0.3 is 20.3 Å². The third-order valence-corrected chi connectivity index (χ3v) is 8.40. The van der Waals surface area contributed by atoms with Crippen molar-refractivity contribution < 1.29 is 4.74 Å². The molecule has 214 valence electrons. The number of piperidine rings is 2. The van der Waals surface area contributed by atoms with Gasteiger partial charge in [0.25, 0.3) is 0 Å². The number of fused-ring (bicyclic) bond motifs is 1. The summed E-state index contributed by atoms with van der Waals surface area (Å²) in [6, 6.07) is 11.5. The molecule has 3 aromatic rings. The van der Waals surface area contributed by atoms with Crippen LogP contribution in [-0.2, 0) is 0 Å². The average molecular weight is 546 g/mol. The van der Waals surface area contributed by atoms with Crippen LogP contribution in [0.15, 0.2) is 24.3 Å². The van der Waals surface area contributed by atoms with Gasteiger partial charge in [0.15, 0.2) is 5.82 Å². The number of hydrogen-bond donors (Lipinski definition) is 3. The number of nitrogens with zero attached hydrogens (tertiary/aromatic N) is 6. The Morgan fingerprint density at radius 1 is 1.10 bits per heavy atom. The monoisotopic (exact) mass is 545 g/mol. The fourth-order valence-corrected chi connectivity index (χ4v) is 6.21. The standard InChI is InChI=1S/C30H43N9O/c1-5-22-17-21(18-23(6-2)39(22)13-7-12-31)32-30-33-27-19-25(40-24-10-14-38(4)15-11-24)8-9-26(27)29(35-30)34-28-16-20(3)36-37-28/h8-9,16,19,21-24H,5-7,10-11,13-15,17-18H2,1-4H3,(H3,32,33,34,35,36,37). The first-order valence-electron chi connectivity index (χ1n) is 14.8. The molecule has 2 aromatic heterocycles. The second kappa shape index (κ2) is 12.8. The third kappa shape index (κ3) is 6.65. The highest BCUT2D eigenvalue weighted by atomic mass is 16.5. The SMILES string of the molecule is CCC1CC(Nc2nc(Nc3cc(C)[nH]n3)c3ccc(OC4CCN(C)CC4)cc3n2)CC(CC)N1CCC#N. The molecule has 2 fully saturated rings. The van der Waals surface area contributed by atoms with Gasteiger partial charge in [0.2, 0.25) is 5.95 Å². The predicted molar refractivity (Wildman–Crippen MR) is 159 cm³/mol. The van der Waals surface area contributed by atoms with E-state index in [0.717, 1.165) is 92.1 Å². The maximum Gasteiger partial charge on any atom is 0.225 e. The number of hydrogen-bond acceptors (Lipinski definition) is 9. The highest BCUT2D eigenvalue weighted by Gasteiger charge is 2.34. The summed E-state index contributed by atoms with van der Waals surface area (Å²) in [7, 11) is 2.16. The number of nitrogens with one attached hydrogen (secondary N) is 3. The summed E-state index contributed by atoms with van der Waals surface area (Å²) >= 11 is 0. The van der Waals surface area contributed by atoms with Crippen molar-refractivity contribution in [3.05, 3.63) is 30.0 Å². The first-order valence-corrected chi connectivity index (χ1v) is 14.8. The van der Waals surface area contributed by atoms with Crippen molar-refractivity contribution in [1.82, 2.24) is 30.0 Å². The maximum atomic E-state index is 9.17. The molecule has 0 saturated carbocycles. The fraction of sp³-hybridized carbons (Fsp3) is 0.600. The second-order valence-electron chi connectivity index (χ2n) is 11.3. The van der Waals surface area contributed by atoms with Crippen LogP contribution in [0, 0.1) is 18.3 Å². The Kier molecular flexibility index (Phi) is 9.02. The van der Waals surface area contributed by atoms with Gasteiger partial charge in [-0.25, -0.2) is 4.98 Å². The molecule has 0 bridgehead atoms. The van der Waals surface area contributed by atoms with Crippen LogP contribution in [0.1, 0.15) is 64.5 Å². The predicted octanol–water partition coefficient (Wildman–Crippen LogP) is 5.23. The molecular formula is C30H43N9O. The number of anilines is 3. The van der Waals surface area contributed by atoms with Crippen LogP contribution >= 0.6 is 0 Å². The van der Waals surface area contributed by atoms with Gasteiger partial charge in [0, 0.05) is 67.4 Å². The second-order valence-corrected chi connectivity index (χ2v) is 11.3. The van der Waals surface area contributed by atoms with Gasteiger partial charge in [-0.05, 0) is 64.6 Å². The van der Waals surface area contributed by atoms with Crippen molar-refractivity contribution in [1.29, 1.82) is 5.26 Å². The van der Waals surface area contributed by atoms with E-state index < -0.39 is 0 Å². The van der Waals surface area contributed by atoms with Crippen LogP contribution in [0.4, 0.5) is 17.6 Å². The van der Waals surface area contributed by atoms with Crippen molar-refractivity contribution in [2.45, 2.75) is 89.9 Å². The first-order chi connectivity index (χ1) is 19.4. The molecule has 4 heterocycles. The number of aryl methyl sites for hydroxylation is 1. The highest BCUT2D eigenvalue weighted by molar-refractivity contribution is 5.92. The molecule has 5 rings (SSSR count). The number of nitriles is 1. The lowest BCUT2D eigenvalue weighted by molar-refractivity contribution is 0.0734. The third-order valence-electron chi connectivity index (χ3n) is 8.40. The van der Waals surface area contributed by atoms with Crippen LogP contribution in [0.25, 0.3) is 10.9 Å². The van der Waals surface area contributed by atoms with Gasteiger partial charge in [0.1, 0.15) is 17.7 Å². The molecule has 0 aliphatic carbocycles. The number of aromatic amines is 1. The number of likely N-dealkylation sites (tertiary alicyclic amines) is 2. The number of H-pyrrole nitrogens is 1. The van der Waals surface area contributed by atoms with Crippen LogP contribution in [0.5, 0.6) is 5.75 Å². The van der Waals surface area contributed by atoms with Crippen LogP contribution < -0.4 is 15.4 Å². The smallest absolute Gasteiger partial charge is 0.225 e. The van der Waals surface area contributed by atoms with Gasteiger partial charge in [-0.15, -0.1) is 0 Å². The zero-order valence-electron chi connectivity index (χ0n) is 24.3. The average Bonchev–Trinajstić information content (AvgIpc) is 3.37. The summed E-state index contributed by atoms with van der Waals surface area (Å²) in [6.07, 6.45) is 6.97. The molecule has 2 unspecified atom stereocenters. The molecule has 2 aliphatic rings. The lowest BCUT2D eigenvalue weighted by Gasteiger charge is -2.45. The Bertz CT molecular complexity index is 1300. The number of rotatable bonds is 10. The van der Waals surface area contributed by atoms with Gasteiger partial charge in [-0.1, -0.05) is 13.8 Å². The maximum absolute atomic E-state index is 9.17. The molecule has 40 heavy (non-hydrogen) atoms. The Morgan fingerprint density at radius 2 is 1.85 bits per heavy atom. The van der Waals surface area contributed by atoms with E-state index in [2.05, 4.69) is 57.6 Å². The van der Waals surface area contributed by atoms with Gasteiger partial charge in [-0.2, -0.15) is 15.3 Å². The number of ether oxygens (including phenoxy) is 1. The summed E-state index contributed by atoms with van der Waals surface area (Å²) in [5.74, 6) is 2.89. The van der Waals surface area contributed by atoms with E-state index in [0.29, 0.717) is 24.5 Å². The largest absolute Gasteiger partial charge is 0.490 e. The van der Waals surface area contributed by atoms with Crippen molar-refractivity contribution in [3.8, 4) is 11.8 Å². The van der Waals surface area contributed by atoms with Gasteiger partial charge >= 0.3 is 0 Å². The van der Waals surface area contributed by atoms with E-state index in [-0.39, 0.29) is 12.1 Å². The van der Waals surface area contributed by atoms with Gasteiger partial charge in [-0.3, -0.25) is 10.00 Å². The highest BCUT2D eigenvalue weighted by Crippen LogP contribution is 2.32. The van der Waals surface area contributed by atoms with Crippen LogP contribution in [0.2, 0.25) is 0 Å². The fourth-order valence-electron chi connectivity index (χ4n) is 6.21. The number of benzene rings is 1. The summed E-state index contributed by atoms with van der Waals surface area (Å²) in [4.78, 5) is 14.8. The molecule has 2 saturated heterocycles. The summed E-state index contributed by atoms with van der Waals surface area (Å²) in [5.41, 5.74) is 1.82. The van der Waals surface area contributed by atoms with Crippen molar-refractivity contribution in [2.75, 3.05) is 37.3 Å². The molecule has 1 aromatic carbocycles. The van der Waals surface area contributed by atoms with E-state index in [1.807, 2.05) is 31.2 Å². The molecule has 2 aliphatic heterocycles. The minimum absolute atomic E-state index is 0.223. The summed E-state index contributed by atoms with van der Waals surface area (Å²) in [6.45, 7) is 9.41. The molecular weight excluding hydrogens is 502 g/mol. The first kappa shape index (κ1) is 28.1. The van der Waals surface area contributed by atoms with E-state index >= 15 is 0 Å². The Labute approximate surface area is 237 Å². The topological polar surface area (TPSA) is 118 Å². The normalized spacial score (nSPS) is 22.7.